The fraction of sp³-hybridized carbons (Fsp3) is 0.250. The molecular weight excluding hydrogens is 431 g/mol. The van der Waals surface area contributed by atoms with Gasteiger partial charge in [0.25, 0.3) is 0 Å². The Morgan fingerprint density at radius 1 is 1.00 bits per heavy atom. The van der Waals surface area contributed by atoms with Gasteiger partial charge in [0.05, 0.1) is 0 Å². The number of carbonyl (C=O) groups excluding carboxylic acids is 2. The van der Waals surface area contributed by atoms with E-state index in [9.17, 15) is 23.9 Å². The van der Waals surface area contributed by atoms with Gasteiger partial charge in [-0.1, -0.05) is 46.3 Å². The Morgan fingerprint density at radius 3 is 2.21 bits per heavy atom. The Morgan fingerprint density at radius 2 is 1.64 bits per heavy atom. The molecule has 2 amide bonds. The highest BCUT2D eigenvalue weighted by atomic mass is 79.9. The van der Waals surface area contributed by atoms with Crippen molar-refractivity contribution < 1.29 is 23.9 Å². The summed E-state index contributed by atoms with van der Waals surface area (Å²) in [6, 6.07) is 10.7. The number of aliphatic carboxylic acids is 1. The summed E-state index contributed by atoms with van der Waals surface area (Å²) in [6.07, 6.45) is -0.0243. The normalized spacial score (nSPS) is 12.7. The van der Waals surface area contributed by atoms with Gasteiger partial charge in [0.15, 0.2) is 0 Å². The average molecular weight is 451 g/mol. The van der Waals surface area contributed by atoms with Crippen LogP contribution in [-0.2, 0) is 27.2 Å². The second-order valence-corrected chi connectivity index (χ2v) is 7.19. The molecule has 0 saturated heterocycles. The predicted molar refractivity (Wildman–Crippen MR) is 105 cm³/mol. The molecule has 0 aliphatic heterocycles. The Bertz CT molecular complexity index is 858. The van der Waals surface area contributed by atoms with Gasteiger partial charge in [0.2, 0.25) is 11.8 Å². The number of hydrogen-bond acceptors (Lipinski definition) is 3. The summed E-state index contributed by atoms with van der Waals surface area (Å²) in [4.78, 5) is 35.7. The molecule has 0 heterocycles. The highest BCUT2D eigenvalue weighted by Gasteiger charge is 2.27. The molecule has 2 rings (SSSR count). The standard InChI is InChI=1S/C20H20BrFN2O4/c1-12(25)23-17(11-14-4-2-3-5-16(14)22)19(26)24-18(20(27)28)10-13-6-8-15(21)9-7-13/h2-9,17-18H,10-11H2,1H3,(H,23,25)(H,24,26)(H,27,28)/t17-,18-/m0/s1. The van der Waals surface area contributed by atoms with E-state index in [1.807, 2.05) is 0 Å². The fourth-order valence-corrected chi connectivity index (χ4v) is 2.93. The van der Waals surface area contributed by atoms with Crippen LogP contribution in [0.3, 0.4) is 0 Å². The minimum Gasteiger partial charge on any atom is -0.480 e. The van der Waals surface area contributed by atoms with Crippen LogP contribution in [-0.4, -0.2) is 35.0 Å². The molecule has 0 aromatic heterocycles. The van der Waals surface area contributed by atoms with E-state index in [-0.39, 0.29) is 18.4 Å². The number of halogens is 2. The molecule has 0 fully saturated rings. The zero-order valence-corrected chi connectivity index (χ0v) is 16.7. The Labute approximate surface area is 170 Å². The van der Waals surface area contributed by atoms with E-state index in [4.69, 9.17) is 0 Å². The summed E-state index contributed by atoms with van der Waals surface area (Å²) in [5.74, 6) is -2.88. The number of carbonyl (C=O) groups is 3. The quantitative estimate of drug-likeness (QED) is 0.575. The molecule has 0 saturated carbocycles. The Balaban J connectivity index is 2.14. The topological polar surface area (TPSA) is 95.5 Å². The molecule has 28 heavy (non-hydrogen) atoms. The third kappa shape index (κ3) is 6.45. The monoisotopic (exact) mass is 450 g/mol. The molecule has 6 nitrogen and oxygen atoms in total. The predicted octanol–water partition coefficient (Wildman–Crippen LogP) is 2.45. The maximum atomic E-state index is 13.9. The van der Waals surface area contributed by atoms with E-state index < -0.39 is 35.7 Å². The first kappa shape index (κ1) is 21.6. The van der Waals surface area contributed by atoms with Gasteiger partial charge in [-0.05, 0) is 29.3 Å². The lowest BCUT2D eigenvalue weighted by atomic mass is 10.0. The zero-order chi connectivity index (χ0) is 20.7. The third-order valence-corrected chi connectivity index (χ3v) is 4.57. The van der Waals surface area contributed by atoms with E-state index in [0.717, 1.165) is 10.0 Å². The number of hydrogen-bond donors (Lipinski definition) is 3. The molecule has 2 atom stereocenters. The minimum absolute atomic E-state index is 0.0703. The summed E-state index contributed by atoms with van der Waals surface area (Å²) < 4.78 is 14.8. The number of amides is 2. The van der Waals surface area contributed by atoms with Crippen molar-refractivity contribution in [3.8, 4) is 0 Å². The van der Waals surface area contributed by atoms with Gasteiger partial charge in [-0.25, -0.2) is 9.18 Å². The Hall–Kier alpha value is -2.74. The van der Waals surface area contributed by atoms with Crippen molar-refractivity contribution in [2.24, 2.45) is 0 Å². The van der Waals surface area contributed by atoms with Crippen molar-refractivity contribution in [3.63, 3.8) is 0 Å². The third-order valence-electron chi connectivity index (χ3n) is 4.04. The van der Waals surface area contributed by atoms with Gasteiger partial charge in [-0.2, -0.15) is 0 Å². The van der Waals surface area contributed by atoms with Crippen LogP contribution in [0.25, 0.3) is 0 Å². The first-order chi connectivity index (χ1) is 13.3. The highest BCUT2D eigenvalue weighted by molar-refractivity contribution is 9.10. The summed E-state index contributed by atoms with van der Waals surface area (Å²) in [7, 11) is 0. The van der Waals surface area contributed by atoms with Crippen LogP contribution in [0.1, 0.15) is 18.1 Å². The van der Waals surface area contributed by atoms with Crippen LogP contribution in [0, 0.1) is 5.82 Å². The molecule has 0 aliphatic carbocycles. The smallest absolute Gasteiger partial charge is 0.326 e. The SMILES string of the molecule is CC(=O)N[C@@H](Cc1ccccc1F)C(=O)N[C@@H](Cc1ccc(Br)cc1)C(=O)O. The minimum atomic E-state index is -1.20. The number of benzene rings is 2. The van der Waals surface area contributed by atoms with Crippen LogP contribution >= 0.6 is 15.9 Å². The van der Waals surface area contributed by atoms with Gasteiger partial charge >= 0.3 is 5.97 Å². The molecule has 3 N–H and O–H groups in total. The number of carboxylic acids is 1. The van der Waals surface area contributed by atoms with E-state index in [1.54, 1.807) is 30.3 Å². The van der Waals surface area contributed by atoms with Gasteiger partial charge in [-0.3, -0.25) is 9.59 Å². The number of rotatable bonds is 8. The first-order valence-electron chi connectivity index (χ1n) is 8.54. The molecule has 0 aliphatic rings. The molecular formula is C20H20BrFN2O4. The number of nitrogens with one attached hydrogen (secondary N) is 2. The fourth-order valence-electron chi connectivity index (χ4n) is 2.67. The highest BCUT2D eigenvalue weighted by Crippen LogP contribution is 2.13. The van der Waals surface area contributed by atoms with Crippen LogP contribution < -0.4 is 10.6 Å². The molecule has 0 bridgehead atoms. The van der Waals surface area contributed by atoms with E-state index in [0.29, 0.717) is 0 Å². The molecule has 2 aromatic carbocycles. The first-order valence-corrected chi connectivity index (χ1v) is 9.33. The van der Waals surface area contributed by atoms with Crippen molar-refractivity contribution in [1.82, 2.24) is 10.6 Å². The summed E-state index contributed by atoms with van der Waals surface area (Å²) >= 11 is 3.30. The molecule has 0 unspecified atom stereocenters. The largest absolute Gasteiger partial charge is 0.480 e. The molecule has 2 aromatic rings. The molecule has 0 radical (unpaired) electrons. The van der Waals surface area contributed by atoms with Crippen LogP contribution in [0.2, 0.25) is 0 Å². The number of carboxylic acid groups (broad SMARTS) is 1. The lowest BCUT2D eigenvalue weighted by Gasteiger charge is -2.21. The van der Waals surface area contributed by atoms with Crippen LogP contribution in [0.15, 0.2) is 53.0 Å². The summed E-state index contributed by atoms with van der Waals surface area (Å²) in [5, 5.41) is 14.4. The van der Waals surface area contributed by atoms with Crippen molar-refractivity contribution >= 4 is 33.7 Å². The van der Waals surface area contributed by atoms with E-state index in [1.165, 1.54) is 25.1 Å². The van der Waals surface area contributed by atoms with Crippen LogP contribution in [0.5, 0.6) is 0 Å². The zero-order valence-electron chi connectivity index (χ0n) is 15.1. The van der Waals surface area contributed by atoms with Crippen LogP contribution in [0.4, 0.5) is 4.39 Å². The molecule has 148 valence electrons. The maximum Gasteiger partial charge on any atom is 0.326 e. The van der Waals surface area contributed by atoms with Crippen molar-refractivity contribution in [3.05, 3.63) is 69.9 Å². The van der Waals surface area contributed by atoms with E-state index >= 15 is 0 Å². The average Bonchev–Trinajstić information content (AvgIpc) is 2.63. The molecule has 0 spiro atoms. The Kier molecular flexibility index (Phi) is 7.69. The van der Waals surface area contributed by atoms with Gasteiger partial charge in [0, 0.05) is 24.2 Å². The summed E-state index contributed by atoms with van der Waals surface area (Å²) in [6.45, 7) is 1.23. The van der Waals surface area contributed by atoms with Crippen molar-refractivity contribution in [2.45, 2.75) is 31.8 Å². The second kappa shape index (κ2) is 9.98. The van der Waals surface area contributed by atoms with Crippen molar-refractivity contribution in [1.29, 1.82) is 0 Å². The summed E-state index contributed by atoms with van der Waals surface area (Å²) in [5.41, 5.74) is 0.970. The lowest BCUT2D eigenvalue weighted by Crippen LogP contribution is -2.52. The second-order valence-electron chi connectivity index (χ2n) is 6.28. The van der Waals surface area contributed by atoms with Gasteiger partial charge in [0.1, 0.15) is 17.9 Å². The molecule has 8 heteroatoms. The lowest BCUT2D eigenvalue weighted by molar-refractivity contribution is -0.142. The van der Waals surface area contributed by atoms with Gasteiger partial charge in [-0.15, -0.1) is 0 Å². The maximum absolute atomic E-state index is 13.9. The van der Waals surface area contributed by atoms with Crippen molar-refractivity contribution in [2.75, 3.05) is 0 Å². The van der Waals surface area contributed by atoms with Gasteiger partial charge < -0.3 is 15.7 Å². The van der Waals surface area contributed by atoms with E-state index in [2.05, 4.69) is 26.6 Å².